The zero-order valence-corrected chi connectivity index (χ0v) is 10.4. The van der Waals surface area contributed by atoms with E-state index in [1.54, 1.807) is 18.3 Å². The van der Waals surface area contributed by atoms with Crippen molar-refractivity contribution < 1.29 is 5.11 Å². The molecule has 0 saturated heterocycles. The Morgan fingerprint density at radius 1 is 1.39 bits per heavy atom. The van der Waals surface area contributed by atoms with Gasteiger partial charge in [0.1, 0.15) is 0 Å². The second-order valence-corrected chi connectivity index (χ2v) is 4.10. The molecule has 1 aromatic heterocycles. The number of imidazole rings is 1. The van der Waals surface area contributed by atoms with E-state index in [4.69, 9.17) is 5.73 Å². The minimum absolute atomic E-state index is 0.418. The number of aromatic nitrogens is 2. The molecule has 0 radical (unpaired) electrons. The van der Waals surface area contributed by atoms with Crippen LogP contribution in [0.4, 0.5) is 11.6 Å². The Labute approximate surface area is 106 Å². The predicted molar refractivity (Wildman–Crippen MR) is 72.2 cm³/mol. The Balaban J connectivity index is 1.96. The highest BCUT2D eigenvalue weighted by atomic mass is 16.3. The SMILES string of the molecule is CCn1ccnc1NCC(O)c1ccc(N)cc1. The normalized spacial score (nSPS) is 12.3. The highest BCUT2D eigenvalue weighted by molar-refractivity contribution is 5.40. The first-order valence-electron chi connectivity index (χ1n) is 5.99. The number of aliphatic hydroxyl groups excluding tert-OH is 1. The summed E-state index contributed by atoms with van der Waals surface area (Å²) in [5, 5.41) is 13.2. The summed E-state index contributed by atoms with van der Waals surface area (Å²) in [4.78, 5) is 4.19. The van der Waals surface area contributed by atoms with E-state index in [0.717, 1.165) is 18.1 Å². The molecule has 0 aliphatic heterocycles. The van der Waals surface area contributed by atoms with Gasteiger partial charge in [0, 0.05) is 31.2 Å². The Morgan fingerprint density at radius 2 is 2.11 bits per heavy atom. The lowest BCUT2D eigenvalue weighted by Crippen LogP contribution is -2.15. The lowest BCUT2D eigenvalue weighted by atomic mass is 10.1. The summed E-state index contributed by atoms with van der Waals surface area (Å²) < 4.78 is 1.98. The third-order valence-electron chi connectivity index (χ3n) is 2.83. The molecular weight excluding hydrogens is 228 g/mol. The van der Waals surface area contributed by atoms with Crippen LogP contribution in [-0.2, 0) is 6.54 Å². The molecule has 1 atom stereocenters. The van der Waals surface area contributed by atoms with Crippen molar-refractivity contribution >= 4 is 11.6 Å². The number of nitrogens with two attached hydrogens (primary N) is 1. The first kappa shape index (κ1) is 12.4. The van der Waals surface area contributed by atoms with Crippen molar-refractivity contribution in [2.75, 3.05) is 17.6 Å². The summed E-state index contributed by atoms with van der Waals surface area (Å²) in [6.45, 7) is 3.31. The van der Waals surface area contributed by atoms with Crippen molar-refractivity contribution in [3.8, 4) is 0 Å². The molecule has 2 aromatic rings. The summed E-state index contributed by atoms with van der Waals surface area (Å²) in [6, 6.07) is 7.22. The van der Waals surface area contributed by atoms with Crippen LogP contribution in [0.25, 0.3) is 0 Å². The number of hydrogen-bond acceptors (Lipinski definition) is 4. The second-order valence-electron chi connectivity index (χ2n) is 4.10. The standard InChI is InChI=1S/C13H18N4O/c1-2-17-8-7-15-13(17)16-9-12(18)10-3-5-11(14)6-4-10/h3-8,12,18H,2,9,14H2,1H3,(H,15,16). The van der Waals surface area contributed by atoms with Gasteiger partial charge in [-0.05, 0) is 24.6 Å². The van der Waals surface area contributed by atoms with Crippen LogP contribution in [0.15, 0.2) is 36.7 Å². The van der Waals surface area contributed by atoms with Gasteiger partial charge in [0.05, 0.1) is 6.10 Å². The van der Waals surface area contributed by atoms with Crippen molar-refractivity contribution in [1.82, 2.24) is 9.55 Å². The van der Waals surface area contributed by atoms with Gasteiger partial charge < -0.3 is 20.7 Å². The fraction of sp³-hybridized carbons (Fsp3) is 0.308. The Bertz CT molecular complexity index is 492. The van der Waals surface area contributed by atoms with Gasteiger partial charge in [0.2, 0.25) is 5.95 Å². The van der Waals surface area contributed by atoms with E-state index in [9.17, 15) is 5.11 Å². The Morgan fingerprint density at radius 3 is 2.78 bits per heavy atom. The topological polar surface area (TPSA) is 76.1 Å². The van der Waals surface area contributed by atoms with Crippen molar-refractivity contribution in [1.29, 1.82) is 0 Å². The summed E-state index contributed by atoms with van der Waals surface area (Å²) in [7, 11) is 0. The smallest absolute Gasteiger partial charge is 0.202 e. The molecule has 1 heterocycles. The molecule has 0 fully saturated rings. The number of nitrogens with one attached hydrogen (secondary N) is 1. The lowest BCUT2D eigenvalue weighted by Gasteiger charge is -2.13. The highest BCUT2D eigenvalue weighted by Gasteiger charge is 2.08. The maximum absolute atomic E-state index is 10.0. The maximum atomic E-state index is 10.0. The summed E-state index contributed by atoms with van der Waals surface area (Å²) in [5.74, 6) is 0.770. The third kappa shape index (κ3) is 2.81. The van der Waals surface area contributed by atoms with Gasteiger partial charge in [0.15, 0.2) is 0 Å². The first-order chi connectivity index (χ1) is 8.70. The molecular formula is C13H18N4O. The fourth-order valence-corrected chi connectivity index (χ4v) is 1.76. The number of rotatable bonds is 5. The molecule has 4 N–H and O–H groups in total. The van der Waals surface area contributed by atoms with Crippen LogP contribution in [-0.4, -0.2) is 21.2 Å². The molecule has 0 spiro atoms. The molecule has 0 saturated carbocycles. The molecule has 1 aromatic carbocycles. The Hall–Kier alpha value is -2.01. The molecule has 5 nitrogen and oxygen atoms in total. The van der Waals surface area contributed by atoms with Gasteiger partial charge in [0.25, 0.3) is 0 Å². The van der Waals surface area contributed by atoms with Crippen LogP contribution in [0.3, 0.4) is 0 Å². The lowest BCUT2D eigenvalue weighted by molar-refractivity contribution is 0.191. The van der Waals surface area contributed by atoms with Gasteiger partial charge in [-0.2, -0.15) is 0 Å². The quantitative estimate of drug-likeness (QED) is 0.701. The predicted octanol–water partition coefficient (Wildman–Crippen LogP) is 1.63. The number of nitrogens with zero attached hydrogens (tertiary/aromatic N) is 2. The van der Waals surface area contributed by atoms with Crippen LogP contribution in [0, 0.1) is 0 Å². The van der Waals surface area contributed by atoms with E-state index in [1.165, 1.54) is 0 Å². The maximum Gasteiger partial charge on any atom is 0.202 e. The van der Waals surface area contributed by atoms with Gasteiger partial charge in [-0.15, -0.1) is 0 Å². The number of hydrogen-bond donors (Lipinski definition) is 3. The zero-order valence-electron chi connectivity index (χ0n) is 10.4. The van der Waals surface area contributed by atoms with Crippen molar-refractivity contribution in [2.24, 2.45) is 0 Å². The largest absolute Gasteiger partial charge is 0.399 e. The second kappa shape index (κ2) is 5.55. The molecule has 0 aliphatic carbocycles. The summed E-state index contributed by atoms with van der Waals surface area (Å²) >= 11 is 0. The monoisotopic (exact) mass is 246 g/mol. The third-order valence-corrected chi connectivity index (χ3v) is 2.83. The van der Waals surface area contributed by atoms with Crippen molar-refractivity contribution in [2.45, 2.75) is 19.6 Å². The molecule has 0 bridgehead atoms. The zero-order chi connectivity index (χ0) is 13.0. The van der Waals surface area contributed by atoms with Crippen LogP contribution in [0.2, 0.25) is 0 Å². The minimum Gasteiger partial charge on any atom is -0.399 e. The van der Waals surface area contributed by atoms with Crippen LogP contribution < -0.4 is 11.1 Å². The average Bonchev–Trinajstić information content (AvgIpc) is 2.84. The first-order valence-corrected chi connectivity index (χ1v) is 5.99. The van der Waals surface area contributed by atoms with E-state index in [1.807, 2.05) is 29.8 Å². The van der Waals surface area contributed by atoms with Gasteiger partial charge >= 0.3 is 0 Å². The number of aliphatic hydroxyl groups is 1. The Kier molecular flexibility index (Phi) is 3.84. The minimum atomic E-state index is -0.576. The highest BCUT2D eigenvalue weighted by Crippen LogP contribution is 2.15. The van der Waals surface area contributed by atoms with Crippen LogP contribution >= 0.6 is 0 Å². The summed E-state index contributed by atoms with van der Waals surface area (Å²) in [6.07, 6.45) is 3.06. The number of benzene rings is 1. The van der Waals surface area contributed by atoms with E-state index in [0.29, 0.717) is 12.2 Å². The van der Waals surface area contributed by atoms with Gasteiger partial charge in [-0.1, -0.05) is 12.1 Å². The number of anilines is 2. The molecule has 96 valence electrons. The van der Waals surface area contributed by atoms with Gasteiger partial charge in [-0.25, -0.2) is 4.98 Å². The molecule has 5 heteroatoms. The number of nitrogen functional groups attached to an aromatic ring is 1. The van der Waals surface area contributed by atoms with E-state index < -0.39 is 6.10 Å². The molecule has 0 aliphatic rings. The van der Waals surface area contributed by atoms with E-state index in [2.05, 4.69) is 10.3 Å². The fourth-order valence-electron chi connectivity index (χ4n) is 1.76. The summed E-state index contributed by atoms with van der Waals surface area (Å²) in [5.41, 5.74) is 7.14. The van der Waals surface area contributed by atoms with Gasteiger partial charge in [-0.3, -0.25) is 0 Å². The van der Waals surface area contributed by atoms with Crippen LogP contribution in [0.1, 0.15) is 18.6 Å². The van der Waals surface area contributed by atoms with Crippen LogP contribution in [0.5, 0.6) is 0 Å². The van der Waals surface area contributed by atoms with E-state index in [-0.39, 0.29) is 0 Å². The van der Waals surface area contributed by atoms with E-state index >= 15 is 0 Å². The average molecular weight is 246 g/mol. The molecule has 0 amide bonds. The van der Waals surface area contributed by atoms with Crippen molar-refractivity contribution in [3.05, 3.63) is 42.2 Å². The molecule has 2 rings (SSSR count). The van der Waals surface area contributed by atoms with Crippen molar-refractivity contribution in [3.63, 3.8) is 0 Å². The number of aryl methyl sites for hydroxylation is 1. The molecule has 1 unspecified atom stereocenters. The molecule has 18 heavy (non-hydrogen) atoms.